The maximum Gasteiger partial charge on any atom is 0.221 e. The zero-order valence-electron chi connectivity index (χ0n) is 9.70. The number of hydrogen-bond acceptors (Lipinski definition) is 3. The van der Waals surface area contributed by atoms with Crippen LogP contribution in [-0.2, 0) is 11.2 Å². The van der Waals surface area contributed by atoms with Crippen LogP contribution >= 0.6 is 0 Å². The summed E-state index contributed by atoms with van der Waals surface area (Å²) in [5.41, 5.74) is 1.11. The summed E-state index contributed by atoms with van der Waals surface area (Å²) in [7, 11) is 0. The lowest BCUT2D eigenvalue weighted by Crippen LogP contribution is -2.21. The fourth-order valence-corrected chi connectivity index (χ4v) is 2.09. The van der Waals surface area contributed by atoms with Gasteiger partial charge in [-0.25, -0.2) is 0 Å². The molecule has 0 bridgehead atoms. The molecule has 0 spiro atoms. The Balaban J connectivity index is 2.40. The van der Waals surface area contributed by atoms with Gasteiger partial charge in [-0.05, 0) is 37.1 Å². The molecule has 86 valence electrons. The van der Waals surface area contributed by atoms with E-state index in [1.165, 1.54) is 6.92 Å². The molecule has 0 radical (unpaired) electrons. The number of Topliss-reactive ketones (excluding diaryl/α,β-unsaturated/α-hetero) is 1. The van der Waals surface area contributed by atoms with Crippen molar-refractivity contribution in [3.63, 3.8) is 0 Å². The lowest BCUT2D eigenvalue weighted by atomic mass is 9.88. The molecule has 1 amide bonds. The number of benzene rings is 1. The molecule has 0 heterocycles. The second kappa shape index (κ2) is 3.70. The average Bonchev–Trinajstić information content (AvgIpc) is 2.51. The lowest BCUT2D eigenvalue weighted by molar-refractivity contribution is -0.114. The van der Waals surface area contributed by atoms with E-state index in [2.05, 4.69) is 11.4 Å². The standard InChI is InChI=1S/C13H12N2O2/c1-8(16)15-10-3-4-11-9(5-10)6-13(2,7-14)12(11)17/h3-5H,6H2,1-2H3,(H,15,16). The van der Waals surface area contributed by atoms with Crippen molar-refractivity contribution in [2.75, 3.05) is 5.32 Å². The fourth-order valence-electron chi connectivity index (χ4n) is 2.09. The van der Waals surface area contributed by atoms with E-state index in [1.807, 2.05) is 0 Å². The number of nitrogens with zero attached hydrogens (tertiary/aromatic N) is 1. The van der Waals surface area contributed by atoms with Gasteiger partial charge >= 0.3 is 0 Å². The molecule has 4 heteroatoms. The van der Waals surface area contributed by atoms with Crippen LogP contribution in [0.1, 0.15) is 29.8 Å². The molecule has 1 aromatic rings. The van der Waals surface area contributed by atoms with Crippen molar-refractivity contribution >= 4 is 17.4 Å². The van der Waals surface area contributed by atoms with Crippen LogP contribution in [0.5, 0.6) is 0 Å². The van der Waals surface area contributed by atoms with E-state index in [-0.39, 0.29) is 11.7 Å². The second-order valence-electron chi connectivity index (χ2n) is 4.50. The average molecular weight is 228 g/mol. The van der Waals surface area contributed by atoms with Crippen LogP contribution in [0.4, 0.5) is 5.69 Å². The number of fused-ring (bicyclic) bond motifs is 1. The highest BCUT2D eigenvalue weighted by Crippen LogP contribution is 2.37. The Kier molecular flexibility index (Phi) is 2.47. The molecule has 1 aliphatic carbocycles. The first-order chi connectivity index (χ1) is 7.96. The number of anilines is 1. The maximum absolute atomic E-state index is 12.0. The molecule has 2 rings (SSSR count). The minimum absolute atomic E-state index is 0.135. The Hall–Kier alpha value is -2.15. The van der Waals surface area contributed by atoms with Crippen molar-refractivity contribution in [1.29, 1.82) is 5.26 Å². The van der Waals surface area contributed by atoms with Crippen molar-refractivity contribution in [3.05, 3.63) is 29.3 Å². The quantitative estimate of drug-likeness (QED) is 0.798. The zero-order valence-corrected chi connectivity index (χ0v) is 9.70. The fraction of sp³-hybridized carbons (Fsp3) is 0.308. The Bertz CT molecular complexity index is 557. The van der Waals surface area contributed by atoms with Gasteiger partial charge in [0.05, 0.1) is 6.07 Å². The van der Waals surface area contributed by atoms with Gasteiger partial charge < -0.3 is 5.32 Å². The van der Waals surface area contributed by atoms with Crippen LogP contribution in [0.15, 0.2) is 18.2 Å². The van der Waals surface area contributed by atoms with Gasteiger partial charge in [0.25, 0.3) is 0 Å². The Labute approximate surface area is 99.2 Å². The predicted octanol–water partition coefficient (Wildman–Crippen LogP) is 1.91. The van der Waals surface area contributed by atoms with Gasteiger partial charge in [-0.3, -0.25) is 9.59 Å². The van der Waals surface area contributed by atoms with Crippen LogP contribution in [0.25, 0.3) is 0 Å². The third kappa shape index (κ3) is 1.80. The Morgan fingerprint density at radius 3 is 2.82 bits per heavy atom. The van der Waals surface area contributed by atoms with Crippen LogP contribution in [0.2, 0.25) is 0 Å². The molecule has 1 aliphatic rings. The van der Waals surface area contributed by atoms with E-state index in [0.717, 1.165) is 5.56 Å². The lowest BCUT2D eigenvalue weighted by Gasteiger charge is -2.09. The molecule has 1 N–H and O–H groups in total. The number of rotatable bonds is 1. The summed E-state index contributed by atoms with van der Waals surface area (Å²) in [5.74, 6) is -0.290. The predicted molar refractivity (Wildman–Crippen MR) is 62.5 cm³/mol. The molecule has 1 unspecified atom stereocenters. The van der Waals surface area contributed by atoms with E-state index >= 15 is 0 Å². The van der Waals surface area contributed by atoms with Crippen LogP contribution < -0.4 is 5.32 Å². The number of nitriles is 1. The summed E-state index contributed by atoms with van der Waals surface area (Å²) >= 11 is 0. The summed E-state index contributed by atoms with van der Waals surface area (Å²) in [5, 5.41) is 11.7. The third-order valence-electron chi connectivity index (χ3n) is 2.96. The highest BCUT2D eigenvalue weighted by atomic mass is 16.1. The molecule has 0 aromatic heterocycles. The summed E-state index contributed by atoms with van der Waals surface area (Å²) < 4.78 is 0. The van der Waals surface area contributed by atoms with E-state index in [9.17, 15) is 9.59 Å². The smallest absolute Gasteiger partial charge is 0.221 e. The van der Waals surface area contributed by atoms with Crippen molar-refractivity contribution < 1.29 is 9.59 Å². The first-order valence-electron chi connectivity index (χ1n) is 5.33. The number of carbonyl (C=O) groups excluding carboxylic acids is 2. The maximum atomic E-state index is 12.0. The van der Waals surface area contributed by atoms with Gasteiger partial charge in [-0.1, -0.05) is 0 Å². The molecule has 4 nitrogen and oxygen atoms in total. The third-order valence-corrected chi connectivity index (χ3v) is 2.96. The van der Waals surface area contributed by atoms with Gasteiger partial charge in [0.2, 0.25) is 5.91 Å². The SMILES string of the molecule is CC(=O)Nc1ccc2c(c1)CC(C)(C#N)C2=O. The van der Waals surface area contributed by atoms with Crippen molar-refractivity contribution in [2.45, 2.75) is 20.3 Å². The molecule has 0 saturated carbocycles. The first-order valence-corrected chi connectivity index (χ1v) is 5.33. The summed E-state index contributed by atoms with van der Waals surface area (Å²) in [6.07, 6.45) is 0.408. The van der Waals surface area contributed by atoms with Crippen LogP contribution in [0.3, 0.4) is 0 Å². The molecular weight excluding hydrogens is 216 g/mol. The number of hydrogen-bond donors (Lipinski definition) is 1. The van der Waals surface area contributed by atoms with E-state index in [4.69, 9.17) is 5.26 Å². The highest BCUT2D eigenvalue weighted by Gasteiger charge is 2.41. The van der Waals surface area contributed by atoms with E-state index < -0.39 is 5.41 Å². The summed E-state index contributed by atoms with van der Waals surface area (Å²) in [6, 6.07) is 7.18. The van der Waals surface area contributed by atoms with E-state index in [0.29, 0.717) is 17.7 Å². The van der Waals surface area contributed by atoms with Gasteiger partial charge in [-0.2, -0.15) is 5.26 Å². The van der Waals surface area contributed by atoms with Crippen LogP contribution in [-0.4, -0.2) is 11.7 Å². The first kappa shape index (κ1) is 11.3. The summed E-state index contributed by atoms with van der Waals surface area (Å²) in [4.78, 5) is 22.9. The molecule has 0 fully saturated rings. The monoisotopic (exact) mass is 228 g/mol. The van der Waals surface area contributed by atoms with Crippen LogP contribution in [0, 0.1) is 16.7 Å². The minimum atomic E-state index is -0.961. The summed E-state index contributed by atoms with van der Waals surface area (Å²) in [6.45, 7) is 3.07. The topological polar surface area (TPSA) is 70.0 Å². The second-order valence-corrected chi connectivity index (χ2v) is 4.50. The number of amides is 1. The van der Waals surface area contributed by atoms with E-state index in [1.54, 1.807) is 25.1 Å². The number of nitrogens with one attached hydrogen (secondary N) is 1. The van der Waals surface area contributed by atoms with Gasteiger partial charge in [-0.15, -0.1) is 0 Å². The molecule has 0 aliphatic heterocycles. The molecule has 17 heavy (non-hydrogen) atoms. The van der Waals surface area contributed by atoms with Crippen molar-refractivity contribution in [1.82, 2.24) is 0 Å². The zero-order chi connectivity index (χ0) is 12.6. The molecule has 1 aromatic carbocycles. The Morgan fingerprint density at radius 2 is 2.24 bits per heavy atom. The van der Waals surface area contributed by atoms with Gasteiger partial charge in [0.15, 0.2) is 5.78 Å². The molecule has 1 atom stereocenters. The normalized spacial score (nSPS) is 21.8. The number of ketones is 1. The Morgan fingerprint density at radius 1 is 1.53 bits per heavy atom. The molecular formula is C13H12N2O2. The van der Waals surface area contributed by atoms with Crippen molar-refractivity contribution in [2.24, 2.45) is 5.41 Å². The van der Waals surface area contributed by atoms with Crippen molar-refractivity contribution in [3.8, 4) is 6.07 Å². The van der Waals surface area contributed by atoms with Gasteiger partial charge in [0, 0.05) is 18.2 Å². The minimum Gasteiger partial charge on any atom is -0.326 e. The largest absolute Gasteiger partial charge is 0.326 e. The molecule has 0 saturated heterocycles. The number of carbonyl (C=O) groups is 2. The van der Waals surface area contributed by atoms with Gasteiger partial charge in [0.1, 0.15) is 5.41 Å². The highest BCUT2D eigenvalue weighted by molar-refractivity contribution is 6.07.